The van der Waals surface area contributed by atoms with Gasteiger partial charge < -0.3 is 9.47 Å². The van der Waals surface area contributed by atoms with Crippen molar-refractivity contribution in [2.45, 2.75) is 13.3 Å². The third-order valence-corrected chi connectivity index (χ3v) is 3.67. The van der Waals surface area contributed by atoms with Crippen LogP contribution < -0.4 is 9.47 Å². The van der Waals surface area contributed by atoms with Crippen molar-refractivity contribution >= 4 is 5.57 Å². The van der Waals surface area contributed by atoms with Crippen molar-refractivity contribution in [3.05, 3.63) is 36.2 Å². The number of hydrogen-bond donors (Lipinski definition) is 1. The number of nitrogens with one attached hydrogen (secondary N) is 1. The molecule has 1 aliphatic rings. The molecule has 23 heavy (non-hydrogen) atoms. The fourth-order valence-electron chi connectivity index (χ4n) is 2.55. The summed E-state index contributed by atoms with van der Waals surface area (Å²) in [4.78, 5) is 2.33. The van der Waals surface area contributed by atoms with E-state index in [0.717, 1.165) is 43.1 Å². The van der Waals surface area contributed by atoms with Gasteiger partial charge in [0.15, 0.2) is 0 Å². The number of H-pyrrole nitrogens is 1. The number of hydrogen-bond acceptors (Lipinski definition) is 6. The molecule has 1 aliphatic heterocycles. The van der Waals surface area contributed by atoms with Crippen LogP contribution in [0.15, 0.2) is 30.3 Å². The van der Waals surface area contributed by atoms with Crippen molar-refractivity contribution in [2.24, 2.45) is 0 Å². The van der Waals surface area contributed by atoms with Gasteiger partial charge in [-0.1, -0.05) is 6.08 Å². The monoisotopic (exact) mass is 315 g/mol. The Bertz CT molecular complexity index is 624. The first kappa shape index (κ1) is 15.5. The van der Waals surface area contributed by atoms with Crippen molar-refractivity contribution in [1.29, 1.82) is 0 Å². The van der Waals surface area contributed by atoms with E-state index in [1.54, 1.807) is 0 Å². The zero-order chi connectivity index (χ0) is 15.9. The zero-order valence-corrected chi connectivity index (χ0v) is 13.2. The fraction of sp³-hybridized carbons (Fsp3) is 0.438. The Balaban J connectivity index is 1.45. The molecule has 0 amide bonds. The highest BCUT2D eigenvalue weighted by Gasteiger charge is 2.16. The normalized spacial score (nSPS) is 15.3. The maximum Gasteiger partial charge on any atom is 0.201 e. The van der Waals surface area contributed by atoms with Crippen molar-refractivity contribution in [1.82, 2.24) is 25.5 Å². The minimum Gasteiger partial charge on any atom is -0.494 e. The molecule has 0 fully saturated rings. The summed E-state index contributed by atoms with van der Waals surface area (Å²) in [5, 5.41) is 14.2. The van der Waals surface area contributed by atoms with Gasteiger partial charge in [0.2, 0.25) is 5.82 Å². The number of rotatable bonds is 7. The highest BCUT2D eigenvalue weighted by atomic mass is 16.5. The van der Waals surface area contributed by atoms with Gasteiger partial charge in [-0.2, -0.15) is 5.21 Å². The molecule has 0 radical (unpaired) electrons. The third-order valence-electron chi connectivity index (χ3n) is 3.67. The molecule has 2 heterocycles. The SMILES string of the molecule is CCOc1ccc(OCCN2CCC=C(c3nn[nH]n3)C2)cc1. The molecule has 3 rings (SSSR count). The van der Waals surface area contributed by atoms with Gasteiger partial charge in [0.05, 0.1) is 6.61 Å². The van der Waals surface area contributed by atoms with Crippen LogP contribution in [-0.4, -0.2) is 58.4 Å². The van der Waals surface area contributed by atoms with E-state index < -0.39 is 0 Å². The molecule has 1 aromatic carbocycles. The second-order valence-corrected chi connectivity index (χ2v) is 5.28. The number of tetrazole rings is 1. The standard InChI is InChI=1S/C16H21N5O2/c1-2-22-14-5-7-15(8-6-14)23-11-10-21-9-3-4-13(12-21)16-17-19-20-18-16/h4-8H,2-3,9-12H2,1H3,(H,17,18,19,20). The van der Waals surface area contributed by atoms with E-state index in [-0.39, 0.29) is 0 Å². The van der Waals surface area contributed by atoms with Crippen molar-refractivity contribution in [3.8, 4) is 11.5 Å². The first-order valence-electron chi connectivity index (χ1n) is 7.86. The molecule has 0 aliphatic carbocycles. The highest BCUT2D eigenvalue weighted by molar-refractivity contribution is 5.61. The number of aromatic nitrogens is 4. The van der Waals surface area contributed by atoms with Gasteiger partial charge in [-0.3, -0.25) is 4.90 Å². The summed E-state index contributed by atoms with van der Waals surface area (Å²) in [5.74, 6) is 2.41. The van der Waals surface area contributed by atoms with E-state index in [1.807, 2.05) is 31.2 Å². The molecule has 1 aromatic heterocycles. The molecular weight excluding hydrogens is 294 g/mol. The molecule has 7 nitrogen and oxygen atoms in total. The molecule has 0 saturated heterocycles. The van der Waals surface area contributed by atoms with Crippen LogP contribution >= 0.6 is 0 Å². The molecule has 122 valence electrons. The Morgan fingerprint density at radius 1 is 1.17 bits per heavy atom. The number of aromatic amines is 1. The van der Waals surface area contributed by atoms with Gasteiger partial charge in [0, 0.05) is 25.2 Å². The van der Waals surface area contributed by atoms with Crippen molar-refractivity contribution in [2.75, 3.05) is 32.8 Å². The van der Waals surface area contributed by atoms with E-state index >= 15 is 0 Å². The molecule has 0 saturated carbocycles. The first-order valence-corrected chi connectivity index (χ1v) is 7.86. The van der Waals surface area contributed by atoms with Gasteiger partial charge in [-0.05, 0) is 42.8 Å². The molecule has 0 bridgehead atoms. The molecule has 0 spiro atoms. The average molecular weight is 315 g/mol. The van der Waals surface area contributed by atoms with Gasteiger partial charge in [0.1, 0.15) is 18.1 Å². The van der Waals surface area contributed by atoms with Gasteiger partial charge in [0.25, 0.3) is 0 Å². The lowest BCUT2D eigenvalue weighted by Crippen LogP contribution is -2.33. The van der Waals surface area contributed by atoms with Crippen LogP contribution in [0.5, 0.6) is 11.5 Å². The zero-order valence-electron chi connectivity index (χ0n) is 13.2. The summed E-state index contributed by atoms with van der Waals surface area (Å²) in [6.07, 6.45) is 3.17. The van der Waals surface area contributed by atoms with E-state index in [1.165, 1.54) is 0 Å². The molecule has 1 N–H and O–H groups in total. The minimum absolute atomic E-state index is 0.646. The van der Waals surface area contributed by atoms with E-state index in [0.29, 0.717) is 19.0 Å². The van der Waals surface area contributed by atoms with Crippen molar-refractivity contribution < 1.29 is 9.47 Å². The Morgan fingerprint density at radius 2 is 1.96 bits per heavy atom. The maximum absolute atomic E-state index is 5.80. The number of nitrogens with zero attached hydrogens (tertiary/aromatic N) is 4. The molecule has 0 unspecified atom stereocenters. The summed E-state index contributed by atoms with van der Waals surface area (Å²) in [5.41, 5.74) is 1.12. The largest absolute Gasteiger partial charge is 0.494 e. The van der Waals surface area contributed by atoms with Crippen LogP contribution in [0.3, 0.4) is 0 Å². The summed E-state index contributed by atoms with van der Waals surface area (Å²) < 4.78 is 11.2. The lowest BCUT2D eigenvalue weighted by atomic mass is 10.1. The van der Waals surface area contributed by atoms with E-state index in [4.69, 9.17) is 9.47 Å². The Hall–Kier alpha value is -2.41. The molecule has 7 heteroatoms. The Kier molecular flexibility index (Phi) is 5.21. The predicted molar refractivity (Wildman–Crippen MR) is 86.3 cm³/mol. The third kappa shape index (κ3) is 4.29. The molecule has 0 atom stereocenters. The Labute approximate surface area is 135 Å². The molecule has 2 aromatic rings. The highest BCUT2D eigenvalue weighted by Crippen LogP contribution is 2.19. The van der Waals surface area contributed by atoms with Crippen LogP contribution in [-0.2, 0) is 0 Å². The van der Waals surface area contributed by atoms with Crippen LogP contribution in [0.2, 0.25) is 0 Å². The van der Waals surface area contributed by atoms with Gasteiger partial charge in [-0.15, -0.1) is 10.2 Å². The van der Waals surface area contributed by atoms with E-state index in [2.05, 4.69) is 31.6 Å². The second kappa shape index (κ2) is 7.73. The van der Waals surface area contributed by atoms with Crippen LogP contribution in [0.25, 0.3) is 5.57 Å². The van der Waals surface area contributed by atoms with Gasteiger partial charge >= 0.3 is 0 Å². The van der Waals surface area contributed by atoms with Crippen LogP contribution in [0.4, 0.5) is 0 Å². The lowest BCUT2D eigenvalue weighted by molar-refractivity contribution is 0.223. The quantitative estimate of drug-likeness (QED) is 0.839. The smallest absolute Gasteiger partial charge is 0.201 e. The predicted octanol–water partition coefficient (Wildman–Crippen LogP) is 1.77. The minimum atomic E-state index is 0.646. The van der Waals surface area contributed by atoms with Crippen molar-refractivity contribution in [3.63, 3.8) is 0 Å². The van der Waals surface area contributed by atoms with Crippen LogP contribution in [0.1, 0.15) is 19.2 Å². The molecular formula is C16H21N5O2. The van der Waals surface area contributed by atoms with E-state index in [9.17, 15) is 0 Å². The van der Waals surface area contributed by atoms with Gasteiger partial charge in [-0.25, -0.2) is 0 Å². The maximum atomic E-state index is 5.80. The average Bonchev–Trinajstić information content (AvgIpc) is 3.12. The summed E-state index contributed by atoms with van der Waals surface area (Å²) in [6.45, 7) is 6.00. The fourth-order valence-corrected chi connectivity index (χ4v) is 2.55. The summed E-state index contributed by atoms with van der Waals surface area (Å²) >= 11 is 0. The summed E-state index contributed by atoms with van der Waals surface area (Å²) in [6, 6.07) is 7.73. The first-order chi connectivity index (χ1) is 11.3. The number of benzene rings is 1. The number of ether oxygens (including phenoxy) is 2. The topological polar surface area (TPSA) is 76.2 Å². The lowest BCUT2D eigenvalue weighted by Gasteiger charge is -2.25. The van der Waals surface area contributed by atoms with Crippen LogP contribution in [0, 0.1) is 0 Å². The summed E-state index contributed by atoms with van der Waals surface area (Å²) in [7, 11) is 0. The second-order valence-electron chi connectivity index (χ2n) is 5.28. The Morgan fingerprint density at radius 3 is 2.65 bits per heavy atom.